The number of para-hydroxylation sites is 1. The molecule has 16 heavy (non-hydrogen) atoms. The fourth-order valence-electron chi connectivity index (χ4n) is 1.19. The van der Waals surface area contributed by atoms with Crippen LogP contribution in [-0.4, -0.2) is 4.98 Å². The minimum Gasteiger partial charge on any atom is -0.456 e. The van der Waals surface area contributed by atoms with E-state index >= 15 is 0 Å². The van der Waals surface area contributed by atoms with Crippen LogP contribution in [0.3, 0.4) is 0 Å². The van der Waals surface area contributed by atoms with Gasteiger partial charge in [0.05, 0.1) is 4.47 Å². The fraction of sp³-hybridized carbons (Fsp3) is 0. The molecule has 0 aliphatic carbocycles. The molecule has 0 bridgehead atoms. The molecule has 0 spiro atoms. The lowest BCUT2D eigenvalue weighted by Gasteiger charge is -2.06. The molecule has 0 N–H and O–H groups in total. The Hall–Kier alpha value is -1.86. The van der Waals surface area contributed by atoms with Gasteiger partial charge in [0.15, 0.2) is 0 Å². The Morgan fingerprint density at radius 1 is 1.25 bits per heavy atom. The van der Waals surface area contributed by atoms with Gasteiger partial charge in [-0.05, 0) is 34.1 Å². The van der Waals surface area contributed by atoms with Crippen molar-refractivity contribution in [3.05, 3.63) is 52.8 Å². The first-order valence-electron chi connectivity index (χ1n) is 4.58. The highest BCUT2D eigenvalue weighted by Crippen LogP contribution is 2.28. The van der Waals surface area contributed by atoms with E-state index in [1.165, 1.54) is 0 Å². The molecule has 2 rings (SSSR count). The zero-order valence-corrected chi connectivity index (χ0v) is 9.81. The molecule has 0 aliphatic heterocycles. The zero-order chi connectivity index (χ0) is 11.4. The number of benzene rings is 1. The van der Waals surface area contributed by atoms with E-state index in [1.54, 1.807) is 18.3 Å². The van der Waals surface area contributed by atoms with E-state index in [9.17, 15) is 0 Å². The molecule has 0 fully saturated rings. The van der Waals surface area contributed by atoms with Gasteiger partial charge in [-0.15, -0.1) is 0 Å². The van der Waals surface area contributed by atoms with Gasteiger partial charge in [-0.2, -0.15) is 5.26 Å². The second kappa shape index (κ2) is 4.77. The van der Waals surface area contributed by atoms with Crippen LogP contribution in [0.1, 0.15) is 5.69 Å². The van der Waals surface area contributed by atoms with E-state index in [-0.39, 0.29) is 0 Å². The summed E-state index contributed by atoms with van der Waals surface area (Å²) in [5.41, 5.74) is 0.338. The van der Waals surface area contributed by atoms with Crippen LogP contribution in [0.15, 0.2) is 47.1 Å². The van der Waals surface area contributed by atoms with E-state index < -0.39 is 0 Å². The summed E-state index contributed by atoms with van der Waals surface area (Å²) in [5.74, 6) is 1.30. The molecule has 0 atom stereocenters. The van der Waals surface area contributed by atoms with Gasteiger partial charge < -0.3 is 4.74 Å². The van der Waals surface area contributed by atoms with Gasteiger partial charge >= 0.3 is 0 Å². The fourth-order valence-corrected chi connectivity index (χ4v) is 1.56. The second-order valence-corrected chi connectivity index (χ2v) is 3.88. The molecule has 0 unspecified atom stereocenters. The first-order valence-corrected chi connectivity index (χ1v) is 5.37. The maximum Gasteiger partial charge on any atom is 0.144 e. The molecule has 78 valence electrons. The van der Waals surface area contributed by atoms with Crippen LogP contribution in [0.4, 0.5) is 0 Å². The molecule has 2 aromatic rings. The molecule has 0 radical (unpaired) electrons. The summed E-state index contributed by atoms with van der Waals surface area (Å²) >= 11 is 3.38. The summed E-state index contributed by atoms with van der Waals surface area (Å²) in [6.45, 7) is 0. The van der Waals surface area contributed by atoms with Crippen molar-refractivity contribution in [1.29, 1.82) is 5.26 Å². The minimum atomic E-state index is 0.338. The molecular formula is C12H7BrN2O. The van der Waals surface area contributed by atoms with Crippen LogP contribution in [0, 0.1) is 11.3 Å². The number of pyridine rings is 1. The topological polar surface area (TPSA) is 45.9 Å². The van der Waals surface area contributed by atoms with Crippen LogP contribution in [0.25, 0.3) is 0 Å². The van der Waals surface area contributed by atoms with E-state index in [0.29, 0.717) is 17.2 Å². The maximum absolute atomic E-state index is 8.71. The van der Waals surface area contributed by atoms with Crippen molar-refractivity contribution in [2.45, 2.75) is 0 Å². The third kappa shape index (κ3) is 2.38. The Kier molecular flexibility index (Phi) is 3.18. The number of rotatable bonds is 2. The quantitative estimate of drug-likeness (QED) is 0.842. The standard InChI is InChI=1S/C12H7BrN2O/c13-11-3-1-2-4-12(11)16-10-5-6-15-9(7-10)8-14/h1-7H. The lowest BCUT2D eigenvalue weighted by Crippen LogP contribution is -1.87. The van der Waals surface area contributed by atoms with Gasteiger partial charge in [0.1, 0.15) is 23.3 Å². The van der Waals surface area contributed by atoms with Gasteiger partial charge in [0, 0.05) is 12.3 Å². The smallest absolute Gasteiger partial charge is 0.144 e. The number of ether oxygens (including phenoxy) is 1. The minimum absolute atomic E-state index is 0.338. The van der Waals surface area contributed by atoms with Crippen molar-refractivity contribution >= 4 is 15.9 Å². The first-order chi connectivity index (χ1) is 7.79. The van der Waals surface area contributed by atoms with Gasteiger partial charge in [-0.3, -0.25) is 0 Å². The van der Waals surface area contributed by atoms with E-state index in [1.807, 2.05) is 30.3 Å². The van der Waals surface area contributed by atoms with Gasteiger partial charge in [-0.1, -0.05) is 12.1 Å². The lowest BCUT2D eigenvalue weighted by atomic mass is 10.3. The molecule has 0 amide bonds. The summed E-state index contributed by atoms with van der Waals surface area (Å²) in [6, 6.07) is 12.8. The van der Waals surface area contributed by atoms with Gasteiger partial charge in [0.2, 0.25) is 0 Å². The average molecular weight is 275 g/mol. The van der Waals surface area contributed by atoms with Crippen LogP contribution in [0.5, 0.6) is 11.5 Å². The molecule has 0 aliphatic rings. The van der Waals surface area contributed by atoms with Crippen molar-refractivity contribution < 1.29 is 4.74 Å². The Labute approximate surface area is 101 Å². The number of hydrogen-bond donors (Lipinski definition) is 0. The molecule has 4 heteroatoms. The second-order valence-electron chi connectivity index (χ2n) is 3.02. The molecule has 0 saturated carbocycles. The number of nitrogens with zero attached hydrogens (tertiary/aromatic N) is 2. The molecule has 3 nitrogen and oxygen atoms in total. The number of aromatic nitrogens is 1. The highest BCUT2D eigenvalue weighted by molar-refractivity contribution is 9.10. The molecule has 1 aromatic carbocycles. The zero-order valence-electron chi connectivity index (χ0n) is 8.22. The van der Waals surface area contributed by atoms with Crippen LogP contribution in [-0.2, 0) is 0 Å². The normalized spacial score (nSPS) is 9.50. The van der Waals surface area contributed by atoms with Crippen molar-refractivity contribution in [2.75, 3.05) is 0 Å². The average Bonchev–Trinajstić information content (AvgIpc) is 2.32. The van der Waals surface area contributed by atoms with Crippen molar-refractivity contribution in [2.24, 2.45) is 0 Å². The molecule has 1 heterocycles. The first kappa shape index (κ1) is 10.7. The van der Waals surface area contributed by atoms with E-state index in [4.69, 9.17) is 10.00 Å². The SMILES string of the molecule is N#Cc1cc(Oc2ccccc2Br)ccn1. The van der Waals surface area contributed by atoms with Crippen molar-refractivity contribution in [3.63, 3.8) is 0 Å². The highest BCUT2D eigenvalue weighted by Gasteiger charge is 2.02. The maximum atomic E-state index is 8.71. The Bertz CT molecular complexity index is 549. The van der Waals surface area contributed by atoms with Crippen LogP contribution >= 0.6 is 15.9 Å². The van der Waals surface area contributed by atoms with E-state index in [0.717, 1.165) is 4.47 Å². The number of nitriles is 1. The number of hydrogen-bond acceptors (Lipinski definition) is 3. The third-order valence-electron chi connectivity index (χ3n) is 1.91. The number of halogens is 1. The van der Waals surface area contributed by atoms with Crippen LogP contribution in [0.2, 0.25) is 0 Å². The van der Waals surface area contributed by atoms with Gasteiger partial charge in [-0.25, -0.2) is 4.98 Å². The highest BCUT2D eigenvalue weighted by atomic mass is 79.9. The lowest BCUT2D eigenvalue weighted by molar-refractivity contribution is 0.478. The summed E-state index contributed by atoms with van der Waals surface area (Å²) in [7, 11) is 0. The van der Waals surface area contributed by atoms with Crippen molar-refractivity contribution in [1.82, 2.24) is 4.98 Å². The summed E-state index contributed by atoms with van der Waals surface area (Å²) in [5, 5.41) is 8.71. The predicted molar refractivity (Wildman–Crippen MR) is 63.2 cm³/mol. The monoisotopic (exact) mass is 274 g/mol. The van der Waals surface area contributed by atoms with Gasteiger partial charge in [0.25, 0.3) is 0 Å². The molecular weight excluding hydrogens is 268 g/mol. The largest absolute Gasteiger partial charge is 0.456 e. The Morgan fingerprint density at radius 3 is 2.81 bits per heavy atom. The molecule has 0 saturated heterocycles. The third-order valence-corrected chi connectivity index (χ3v) is 2.57. The van der Waals surface area contributed by atoms with E-state index in [2.05, 4.69) is 20.9 Å². The van der Waals surface area contributed by atoms with Crippen molar-refractivity contribution in [3.8, 4) is 17.6 Å². The Morgan fingerprint density at radius 2 is 2.06 bits per heavy atom. The predicted octanol–water partition coefficient (Wildman–Crippen LogP) is 3.51. The summed E-state index contributed by atoms with van der Waals surface area (Å²) < 4.78 is 6.48. The molecule has 1 aromatic heterocycles. The van der Waals surface area contributed by atoms with Crippen LogP contribution < -0.4 is 4.74 Å². The summed E-state index contributed by atoms with van der Waals surface area (Å²) in [4.78, 5) is 3.87. The summed E-state index contributed by atoms with van der Waals surface area (Å²) in [6.07, 6.45) is 1.55. The Balaban J connectivity index is 2.28.